The topological polar surface area (TPSA) is 57.9 Å². The Morgan fingerprint density at radius 2 is 2.04 bits per heavy atom. The molecule has 2 aromatic heterocycles. The minimum absolute atomic E-state index is 0.0461. The van der Waals surface area contributed by atoms with Crippen LogP contribution in [-0.4, -0.2) is 56.7 Å². The van der Waals surface area contributed by atoms with Gasteiger partial charge in [-0.15, -0.1) is 0 Å². The van der Waals surface area contributed by atoms with Crippen molar-refractivity contribution in [2.45, 2.75) is 38.6 Å². The number of imidazole rings is 1. The molecule has 0 spiro atoms. The quantitative estimate of drug-likeness (QED) is 0.850. The highest BCUT2D eigenvalue weighted by Crippen LogP contribution is 2.35. The summed E-state index contributed by atoms with van der Waals surface area (Å²) in [5.74, 6) is 0.847. The number of aryl methyl sites for hydroxylation is 1. The summed E-state index contributed by atoms with van der Waals surface area (Å²) in [6, 6.07) is 6.04. The standard InChI is InChI=1S/C20H24N4O2/c1-13-3-2-4-18-21-17(12-23(13)18)20(26)22-10-15-7-8-16(11-22)24(19(15)25)9-14-5-6-14/h2-4,12,14-16H,5-11H2,1H3/t15-,16+/m1/s1. The van der Waals surface area contributed by atoms with E-state index >= 15 is 0 Å². The van der Waals surface area contributed by atoms with Crippen LogP contribution in [0.15, 0.2) is 24.4 Å². The molecule has 0 unspecified atom stereocenters. The molecule has 4 fully saturated rings. The molecule has 26 heavy (non-hydrogen) atoms. The Hall–Kier alpha value is -2.37. The van der Waals surface area contributed by atoms with Crippen molar-refractivity contribution in [3.05, 3.63) is 35.8 Å². The third-order valence-electron chi connectivity index (χ3n) is 6.15. The number of aromatic nitrogens is 2. The first-order chi connectivity index (χ1) is 12.6. The maximum atomic E-state index is 13.1. The molecule has 6 rings (SSSR count). The van der Waals surface area contributed by atoms with Crippen molar-refractivity contribution < 1.29 is 9.59 Å². The van der Waals surface area contributed by atoms with Crippen molar-refractivity contribution in [2.24, 2.45) is 11.8 Å². The summed E-state index contributed by atoms with van der Waals surface area (Å²) >= 11 is 0. The zero-order valence-corrected chi connectivity index (χ0v) is 15.1. The zero-order chi connectivity index (χ0) is 17.8. The largest absolute Gasteiger partial charge is 0.337 e. The molecule has 2 aromatic rings. The van der Waals surface area contributed by atoms with Gasteiger partial charge in [-0.25, -0.2) is 4.98 Å². The van der Waals surface area contributed by atoms with Crippen LogP contribution in [0.1, 0.15) is 41.9 Å². The normalized spacial score (nSPS) is 25.8. The van der Waals surface area contributed by atoms with Crippen LogP contribution >= 0.6 is 0 Å². The highest BCUT2D eigenvalue weighted by atomic mass is 16.2. The molecule has 6 heteroatoms. The fourth-order valence-corrected chi connectivity index (χ4v) is 4.44. The average Bonchev–Trinajstić information content (AvgIpc) is 3.40. The van der Waals surface area contributed by atoms with E-state index in [1.807, 2.05) is 40.6 Å². The third-order valence-corrected chi connectivity index (χ3v) is 6.15. The van der Waals surface area contributed by atoms with Crippen LogP contribution < -0.4 is 0 Å². The minimum Gasteiger partial charge on any atom is -0.337 e. The van der Waals surface area contributed by atoms with E-state index in [1.165, 1.54) is 12.8 Å². The minimum atomic E-state index is -0.0499. The molecule has 1 saturated carbocycles. The van der Waals surface area contributed by atoms with Crippen molar-refractivity contribution in [2.75, 3.05) is 19.6 Å². The Kier molecular flexibility index (Phi) is 3.55. The van der Waals surface area contributed by atoms with E-state index in [2.05, 4.69) is 9.88 Å². The van der Waals surface area contributed by atoms with Crippen LogP contribution in [0, 0.1) is 18.8 Å². The second kappa shape index (κ2) is 5.83. The number of piperidine rings is 1. The molecule has 0 radical (unpaired) electrons. The van der Waals surface area contributed by atoms with Crippen LogP contribution in [0.2, 0.25) is 0 Å². The first-order valence-corrected chi connectivity index (χ1v) is 9.64. The Labute approximate surface area is 152 Å². The summed E-state index contributed by atoms with van der Waals surface area (Å²) in [6.45, 7) is 4.06. The van der Waals surface area contributed by atoms with Gasteiger partial charge in [0.1, 0.15) is 11.3 Å². The first-order valence-electron chi connectivity index (χ1n) is 9.64. The lowest BCUT2D eigenvalue weighted by Crippen LogP contribution is -2.48. The predicted octanol–water partition coefficient (Wildman–Crippen LogP) is 2.12. The molecule has 2 amide bonds. The van der Waals surface area contributed by atoms with Gasteiger partial charge in [0.15, 0.2) is 0 Å². The van der Waals surface area contributed by atoms with Crippen molar-refractivity contribution in [1.29, 1.82) is 0 Å². The maximum Gasteiger partial charge on any atom is 0.274 e. The van der Waals surface area contributed by atoms with Crippen molar-refractivity contribution >= 4 is 17.5 Å². The van der Waals surface area contributed by atoms with Crippen LogP contribution in [0.4, 0.5) is 0 Å². The smallest absolute Gasteiger partial charge is 0.274 e. The van der Waals surface area contributed by atoms with E-state index in [1.54, 1.807) is 0 Å². The van der Waals surface area contributed by atoms with E-state index in [-0.39, 0.29) is 23.8 Å². The van der Waals surface area contributed by atoms with Crippen LogP contribution in [0.5, 0.6) is 0 Å². The third kappa shape index (κ3) is 2.59. The number of fused-ring (bicyclic) bond motifs is 5. The molecule has 136 valence electrons. The number of pyridine rings is 1. The molecular formula is C20H24N4O2. The van der Waals surface area contributed by atoms with Gasteiger partial charge in [-0.3, -0.25) is 9.59 Å². The fourth-order valence-electron chi connectivity index (χ4n) is 4.44. The average molecular weight is 352 g/mol. The summed E-state index contributed by atoms with van der Waals surface area (Å²) in [7, 11) is 0. The van der Waals surface area contributed by atoms with Gasteiger partial charge >= 0.3 is 0 Å². The summed E-state index contributed by atoms with van der Waals surface area (Å²) < 4.78 is 1.95. The van der Waals surface area contributed by atoms with E-state index in [0.717, 1.165) is 30.7 Å². The second-order valence-corrected chi connectivity index (χ2v) is 8.09. The lowest BCUT2D eigenvalue weighted by Gasteiger charge is -2.36. The highest BCUT2D eigenvalue weighted by molar-refractivity contribution is 5.94. The number of amides is 2. The number of carbonyl (C=O) groups excluding carboxylic acids is 2. The fraction of sp³-hybridized carbons (Fsp3) is 0.550. The number of hydrogen-bond acceptors (Lipinski definition) is 3. The van der Waals surface area contributed by atoms with E-state index < -0.39 is 0 Å². The Balaban J connectivity index is 1.41. The lowest BCUT2D eigenvalue weighted by molar-refractivity contribution is -0.140. The highest BCUT2D eigenvalue weighted by Gasteiger charge is 2.43. The SMILES string of the molecule is Cc1cccc2nc(C(=O)N3C[C@H]4CC[C@@H](C3)N(CC3CC3)C4=O)cn12. The Morgan fingerprint density at radius 1 is 1.19 bits per heavy atom. The first kappa shape index (κ1) is 15.9. The van der Waals surface area contributed by atoms with Gasteiger partial charge in [-0.1, -0.05) is 6.07 Å². The predicted molar refractivity (Wildman–Crippen MR) is 96.8 cm³/mol. The van der Waals surface area contributed by atoms with Crippen LogP contribution in [-0.2, 0) is 4.79 Å². The summed E-state index contributed by atoms with van der Waals surface area (Å²) in [6.07, 6.45) is 6.22. The van der Waals surface area contributed by atoms with E-state index in [0.29, 0.717) is 24.7 Å². The zero-order valence-electron chi connectivity index (χ0n) is 15.1. The molecule has 0 aromatic carbocycles. The Bertz CT molecular complexity index is 885. The second-order valence-electron chi connectivity index (χ2n) is 8.09. The maximum absolute atomic E-state index is 13.1. The van der Waals surface area contributed by atoms with E-state index in [4.69, 9.17) is 0 Å². The molecule has 1 aliphatic carbocycles. The monoisotopic (exact) mass is 352 g/mol. The molecule has 0 N–H and O–H groups in total. The number of rotatable bonds is 3. The number of hydrogen-bond donors (Lipinski definition) is 0. The van der Waals surface area contributed by atoms with Crippen LogP contribution in [0.3, 0.4) is 0 Å². The van der Waals surface area contributed by atoms with Gasteiger partial charge in [-0.05, 0) is 50.7 Å². The lowest BCUT2D eigenvalue weighted by atomic mass is 9.94. The van der Waals surface area contributed by atoms with Crippen LogP contribution in [0.25, 0.3) is 5.65 Å². The molecule has 6 nitrogen and oxygen atoms in total. The van der Waals surface area contributed by atoms with Gasteiger partial charge in [0.25, 0.3) is 5.91 Å². The van der Waals surface area contributed by atoms with Gasteiger partial charge in [-0.2, -0.15) is 0 Å². The number of nitrogens with zero attached hydrogens (tertiary/aromatic N) is 4. The van der Waals surface area contributed by atoms with Gasteiger partial charge in [0, 0.05) is 37.6 Å². The van der Waals surface area contributed by atoms with Crippen molar-refractivity contribution in [3.8, 4) is 0 Å². The summed E-state index contributed by atoms with van der Waals surface area (Å²) in [5.41, 5.74) is 2.31. The molecule has 2 atom stereocenters. The van der Waals surface area contributed by atoms with Crippen molar-refractivity contribution in [3.63, 3.8) is 0 Å². The van der Waals surface area contributed by atoms with Gasteiger partial charge in [0.2, 0.25) is 5.91 Å². The molecular weight excluding hydrogens is 328 g/mol. The van der Waals surface area contributed by atoms with Gasteiger partial charge in [0.05, 0.1) is 5.92 Å². The molecule has 3 aliphatic heterocycles. The molecule has 5 heterocycles. The van der Waals surface area contributed by atoms with Gasteiger partial charge < -0.3 is 14.2 Å². The van der Waals surface area contributed by atoms with E-state index in [9.17, 15) is 9.59 Å². The molecule has 4 aliphatic rings. The molecule has 3 saturated heterocycles. The Morgan fingerprint density at radius 3 is 2.81 bits per heavy atom. The number of carbonyl (C=O) groups is 2. The summed E-state index contributed by atoms with van der Waals surface area (Å²) in [5, 5.41) is 0. The summed E-state index contributed by atoms with van der Waals surface area (Å²) in [4.78, 5) is 34.4. The molecule has 2 bridgehead atoms. The van der Waals surface area contributed by atoms with Crippen molar-refractivity contribution in [1.82, 2.24) is 19.2 Å².